The van der Waals surface area contributed by atoms with Gasteiger partial charge in [-0.1, -0.05) is 42.5 Å². The Morgan fingerprint density at radius 2 is 1.37 bits per heavy atom. The summed E-state index contributed by atoms with van der Waals surface area (Å²) < 4.78 is 0. The maximum Gasteiger partial charge on any atom is 0.335 e. The van der Waals surface area contributed by atoms with Gasteiger partial charge in [0.25, 0.3) is 5.91 Å². The highest BCUT2D eigenvalue weighted by Gasteiger charge is 2.08. The summed E-state index contributed by atoms with van der Waals surface area (Å²) in [6.07, 6.45) is 1.12. The molecular formula is C24H22N2O4. The summed E-state index contributed by atoms with van der Waals surface area (Å²) in [7, 11) is 0. The van der Waals surface area contributed by atoms with Gasteiger partial charge in [0.15, 0.2) is 0 Å². The van der Waals surface area contributed by atoms with Crippen molar-refractivity contribution >= 4 is 23.5 Å². The minimum atomic E-state index is -1.02. The molecule has 0 heterocycles. The van der Waals surface area contributed by atoms with E-state index in [1.807, 2.05) is 30.3 Å². The van der Waals surface area contributed by atoms with E-state index in [2.05, 4.69) is 10.6 Å². The number of carboxylic acids is 1. The second-order valence-electron chi connectivity index (χ2n) is 6.80. The molecule has 3 rings (SSSR count). The summed E-state index contributed by atoms with van der Waals surface area (Å²) in [5, 5.41) is 14.5. The Kier molecular flexibility index (Phi) is 6.95. The van der Waals surface area contributed by atoms with Crippen LogP contribution in [0.2, 0.25) is 0 Å². The fourth-order valence-corrected chi connectivity index (χ4v) is 2.86. The van der Waals surface area contributed by atoms with Crippen molar-refractivity contribution in [3.8, 4) is 0 Å². The number of aryl methyl sites for hydroxylation is 1. The number of carbonyl (C=O) groups excluding carboxylic acids is 2. The molecule has 0 atom stereocenters. The maximum atomic E-state index is 12.3. The van der Waals surface area contributed by atoms with Crippen molar-refractivity contribution in [3.63, 3.8) is 0 Å². The number of hydrogen-bond acceptors (Lipinski definition) is 3. The van der Waals surface area contributed by atoms with Crippen molar-refractivity contribution in [3.05, 3.63) is 101 Å². The average Bonchev–Trinajstić information content (AvgIpc) is 2.77. The molecule has 0 unspecified atom stereocenters. The van der Waals surface area contributed by atoms with Crippen molar-refractivity contribution in [2.45, 2.75) is 19.4 Å². The molecule has 3 aromatic carbocycles. The number of carbonyl (C=O) groups is 3. The predicted octanol–water partition coefficient (Wildman–Crippen LogP) is 3.89. The van der Waals surface area contributed by atoms with E-state index in [1.165, 1.54) is 12.1 Å². The molecule has 2 amide bonds. The number of benzene rings is 3. The monoisotopic (exact) mass is 402 g/mol. The smallest absolute Gasteiger partial charge is 0.335 e. The second kappa shape index (κ2) is 10.0. The molecule has 152 valence electrons. The van der Waals surface area contributed by atoms with E-state index in [9.17, 15) is 14.4 Å². The van der Waals surface area contributed by atoms with Crippen molar-refractivity contribution in [1.29, 1.82) is 0 Å². The molecule has 0 aliphatic heterocycles. The Morgan fingerprint density at radius 3 is 2.00 bits per heavy atom. The van der Waals surface area contributed by atoms with Crippen LogP contribution in [0.25, 0.3) is 0 Å². The normalized spacial score (nSPS) is 10.3. The lowest BCUT2D eigenvalue weighted by atomic mass is 10.1. The highest BCUT2D eigenvalue weighted by molar-refractivity contribution is 6.04. The lowest BCUT2D eigenvalue weighted by Gasteiger charge is -2.08. The molecular weight excluding hydrogens is 380 g/mol. The molecule has 3 aromatic rings. The fourth-order valence-electron chi connectivity index (χ4n) is 2.86. The molecule has 0 aliphatic carbocycles. The van der Waals surface area contributed by atoms with Crippen LogP contribution >= 0.6 is 0 Å². The van der Waals surface area contributed by atoms with Crippen LogP contribution in [0.4, 0.5) is 5.69 Å². The highest BCUT2D eigenvalue weighted by atomic mass is 16.4. The Labute approximate surface area is 174 Å². The van der Waals surface area contributed by atoms with Gasteiger partial charge in [0.1, 0.15) is 0 Å². The summed E-state index contributed by atoms with van der Waals surface area (Å²) in [6, 6.07) is 22.8. The quantitative estimate of drug-likeness (QED) is 0.533. The summed E-state index contributed by atoms with van der Waals surface area (Å²) in [5.74, 6) is -1.34. The zero-order valence-electron chi connectivity index (χ0n) is 16.3. The molecule has 30 heavy (non-hydrogen) atoms. The molecule has 0 saturated carbocycles. The van der Waals surface area contributed by atoms with Gasteiger partial charge in [-0.25, -0.2) is 4.79 Å². The first-order valence-corrected chi connectivity index (χ1v) is 9.55. The number of anilines is 1. The molecule has 6 nitrogen and oxygen atoms in total. The van der Waals surface area contributed by atoms with Crippen LogP contribution < -0.4 is 10.6 Å². The Morgan fingerprint density at radius 1 is 0.733 bits per heavy atom. The first kappa shape index (κ1) is 20.8. The van der Waals surface area contributed by atoms with Crippen molar-refractivity contribution in [2.24, 2.45) is 0 Å². The zero-order valence-corrected chi connectivity index (χ0v) is 16.3. The van der Waals surface area contributed by atoms with Gasteiger partial charge in [-0.15, -0.1) is 0 Å². The molecule has 3 N–H and O–H groups in total. The topological polar surface area (TPSA) is 95.5 Å². The highest BCUT2D eigenvalue weighted by Crippen LogP contribution is 2.12. The standard InChI is InChI=1S/C24H22N2O4/c27-22(15-8-17-4-2-1-3-5-17)25-16-18-6-9-19(10-7-18)23(28)26-21-13-11-20(12-14-21)24(29)30/h1-7,9-14H,8,15-16H2,(H,25,27)(H,26,28)(H,29,30). The lowest BCUT2D eigenvalue weighted by Crippen LogP contribution is -2.23. The fraction of sp³-hybridized carbons (Fsp3) is 0.125. The molecule has 0 saturated heterocycles. The number of aromatic carboxylic acids is 1. The van der Waals surface area contributed by atoms with Gasteiger partial charge in [0.2, 0.25) is 5.91 Å². The van der Waals surface area contributed by atoms with Crippen LogP contribution in [0.1, 0.15) is 38.3 Å². The third-order valence-corrected chi connectivity index (χ3v) is 4.58. The van der Waals surface area contributed by atoms with E-state index in [1.54, 1.807) is 36.4 Å². The Bertz CT molecular complexity index is 1010. The molecule has 0 radical (unpaired) electrons. The first-order valence-electron chi connectivity index (χ1n) is 9.55. The first-order chi connectivity index (χ1) is 14.5. The second-order valence-corrected chi connectivity index (χ2v) is 6.80. The molecule has 0 bridgehead atoms. The van der Waals surface area contributed by atoms with Gasteiger partial charge in [-0.05, 0) is 53.9 Å². The van der Waals surface area contributed by atoms with Crippen LogP contribution in [0.15, 0.2) is 78.9 Å². The van der Waals surface area contributed by atoms with Gasteiger partial charge in [-0.2, -0.15) is 0 Å². The van der Waals surface area contributed by atoms with E-state index in [4.69, 9.17) is 5.11 Å². The molecule has 6 heteroatoms. The van der Waals surface area contributed by atoms with Gasteiger partial charge in [0.05, 0.1) is 5.56 Å². The molecule has 0 fully saturated rings. The van der Waals surface area contributed by atoms with Gasteiger partial charge >= 0.3 is 5.97 Å². The van der Waals surface area contributed by atoms with Crippen molar-refractivity contribution in [2.75, 3.05) is 5.32 Å². The van der Waals surface area contributed by atoms with Crippen molar-refractivity contribution < 1.29 is 19.5 Å². The summed E-state index contributed by atoms with van der Waals surface area (Å²) in [4.78, 5) is 35.2. The van der Waals surface area contributed by atoms with Crippen LogP contribution in [0.5, 0.6) is 0 Å². The summed E-state index contributed by atoms with van der Waals surface area (Å²) in [5.41, 5.74) is 3.16. The van der Waals surface area contributed by atoms with E-state index >= 15 is 0 Å². The number of hydrogen-bond donors (Lipinski definition) is 3. The third-order valence-electron chi connectivity index (χ3n) is 4.58. The third kappa shape index (κ3) is 6.04. The summed E-state index contributed by atoms with van der Waals surface area (Å²) >= 11 is 0. The van der Waals surface area contributed by atoms with E-state index in [-0.39, 0.29) is 17.4 Å². The van der Waals surface area contributed by atoms with Crippen LogP contribution in [-0.4, -0.2) is 22.9 Å². The zero-order chi connectivity index (χ0) is 21.3. The Balaban J connectivity index is 1.47. The largest absolute Gasteiger partial charge is 0.478 e. The van der Waals surface area contributed by atoms with E-state index < -0.39 is 5.97 Å². The van der Waals surface area contributed by atoms with E-state index in [0.717, 1.165) is 11.1 Å². The van der Waals surface area contributed by atoms with E-state index in [0.29, 0.717) is 30.6 Å². The van der Waals surface area contributed by atoms with Crippen molar-refractivity contribution in [1.82, 2.24) is 5.32 Å². The average molecular weight is 402 g/mol. The number of carboxylic acid groups (broad SMARTS) is 1. The lowest BCUT2D eigenvalue weighted by molar-refractivity contribution is -0.121. The number of nitrogens with one attached hydrogen (secondary N) is 2. The SMILES string of the molecule is O=C(CCc1ccccc1)NCc1ccc(C(=O)Nc2ccc(C(=O)O)cc2)cc1. The van der Waals surface area contributed by atoms with Gasteiger partial charge in [0, 0.05) is 24.2 Å². The predicted molar refractivity (Wildman–Crippen MR) is 114 cm³/mol. The van der Waals surface area contributed by atoms with Crippen LogP contribution in [0.3, 0.4) is 0 Å². The Hall–Kier alpha value is -3.93. The van der Waals surface area contributed by atoms with Crippen LogP contribution in [0, 0.1) is 0 Å². The van der Waals surface area contributed by atoms with Gasteiger partial charge in [-0.3, -0.25) is 9.59 Å². The number of rotatable bonds is 8. The molecule has 0 aromatic heterocycles. The van der Waals surface area contributed by atoms with Crippen LogP contribution in [-0.2, 0) is 17.8 Å². The minimum Gasteiger partial charge on any atom is -0.478 e. The summed E-state index contributed by atoms with van der Waals surface area (Å²) in [6.45, 7) is 0.395. The van der Waals surface area contributed by atoms with Gasteiger partial charge < -0.3 is 15.7 Å². The molecule has 0 spiro atoms. The number of amides is 2. The minimum absolute atomic E-state index is 0.0227. The molecule has 0 aliphatic rings. The maximum absolute atomic E-state index is 12.3.